The Morgan fingerprint density at radius 3 is 2.91 bits per heavy atom. The van der Waals surface area contributed by atoms with Crippen molar-refractivity contribution in [1.82, 2.24) is 15.1 Å². The number of carbonyl (C=O) groups is 1. The van der Waals surface area contributed by atoms with Crippen LogP contribution < -0.4 is 5.32 Å². The molecule has 2 heterocycles. The number of ether oxygens (including phenoxy) is 1. The molecule has 6 nitrogen and oxygen atoms in total. The number of hydrogen-bond donors (Lipinski definition) is 2. The minimum Gasteiger partial charge on any atom is -0.396 e. The van der Waals surface area contributed by atoms with Crippen LogP contribution >= 0.6 is 0 Å². The first-order chi connectivity index (χ1) is 10.8. The van der Waals surface area contributed by atoms with Gasteiger partial charge in [0.25, 0.3) is 5.91 Å². The van der Waals surface area contributed by atoms with Gasteiger partial charge in [-0.05, 0) is 45.4 Å². The number of aliphatic hydroxyl groups is 1. The maximum absolute atomic E-state index is 12.5. The van der Waals surface area contributed by atoms with Gasteiger partial charge in [0.05, 0.1) is 5.69 Å². The largest absolute Gasteiger partial charge is 0.396 e. The molecule has 0 saturated heterocycles. The van der Waals surface area contributed by atoms with E-state index in [1.807, 2.05) is 11.6 Å². The van der Waals surface area contributed by atoms with Gasteiger partial charge in [-0.25, -0.2) is 0 Å². The molecule has 1 amide bonds. The van der Waals surface area contributed by atoms with Crippen molar-refractivity contribution in [3.8, 4) is 0 Å². The Labute approximate surface area is 131 Å². The molecule has 0 saturated carbocycles. The summed E-state index contributed by atoms with van der Waals surface area (Å²) in [4.78, 5) is 12.5. The van der Waals surface area contributed by atoms with Crippen LogP contribution in [-0.2, 0) is 24.1 Å². The Morgan fingerprint density at radius 1 is 1.32 bits per heavy atom. The van der Waals surface area contributed by atoms with Crippen molar-refractivity contribution in [3.63, 3.8) is 0 Å². The molecule has 0 aromatic carbocycles. The average molecular weight is 309 g/mol. The van der Waals surface area contributed by atoms with Crippen LogP contribution in [0.2, 0.25) is 0 Å². The Morgan fingerprint density at radius 2 is 2.14 bits per heavy atom. The minimum atomic E-state index is -0.0281. The van der Waals surface area contributed by atoms with Crippen molar-refractivity contribution in [3.05, 3.63) is 17.0 Å². The third-order valence-electron chi connectivity index (χ3n) is 3.94. The third kappa shape index (κ3) is 4.30. The molecule has 0 fully saturated rings. The van der Waals surface area contributed by atoms with Gasteiger partial charge in [0.1, 0.15) is 5.69 Å². The van der Waals surface area contributed by atoms with Crippen LogP contribution in [0.5, 0.6) is 0 Å². The quantitative estimate of drug-likeness (QED) is 0.804. The normalized spacial score (nSPS) is 16.7. The second-order valence-corrected chi connectivity index (χ2v) is 5.60. The number of fused-ring (bicyclic) bond motifs is 1. The lowest BCUT2D eigenvalue weighted by Gasteiger charge is -2.08. The van der Waals surface area contributed by atoms with E-state index in [4.69, 9.17) is 9.84 Å². The zero-order valence-corrected chi connectivity index (χ0v) is 13.4. The highest BCUT2D eigenvalue weighted by molar-refractivity contribution is 5.94. The standard InChI is InChI=1S/C16H27N3O3/c1-2-19-15-13(14(18-19)8-3-4-10-20)7-5-11-22-12-6-9-17-16(15)21/h20H,2-12H2,1H3,(H,17,21). The first kappa shape index (κ1) is 17.0. The number of aliphatic hydroxyl groups excluding tert-OH is 1. The van der Waals surface area contributed by atoms with Crippen LogP contribution in [0.3, 0.4) is 0 Å². The Kier molecular flexibility index (Phi) is 6.86. The summed E-state index contributed by atoms with van der Waals surface area (Å²) in [6.07, 6.45) is 5.03. The number of carbonyl (C=O) groups excluding carboxylic acids is 1. The molecule has 1 aromatic rings. The van der Waals surface area contributed by atoms with Crippen LogP contribution in [0.1, 0.15) is 54.4 Å². The summed E-state index contributed by atoms with van der Waals surface area (Å²) in [5.74, 6) is -0.0281. The predicted octanol–water partition coefficient (Wildman–Crippen LogP) is 1.30. The lowest BCUT2D eigenvalue weighted by atomic mass is 10.0. The number of aryl methyl sites for hydroxylation is 2. The molecule has 1 aliphatic heterocycles. The highest BCUT2D eigenvalue weighted by atomic mass is 16.5. The molecular weight excluding hydrogens is 282 g/mol. The van der Waals surface area contributed by atoms with Gasteiger partial charge in [0.2, 0.25) is 0 Å². The van der Waals surface area contributed by atoms with Crippen LogP contribution in [0.15, 0.2) is 0 Å². The fourth-order valence-corrected chi connectivity index (χ4v) is 2.81. The summed E-state index contributed by atoms with van der Waals surface area (Å²) < 4.78 is 7.39. The highest BCUT2D eigenvalue weighted by Gasteiger charge is 2.22. The molecule has 0 spiro atoms. The monoisotopic (exact) mass is 309 g/mol. The molecule has 2 N–H and O–H groups in total. The van der Waals surface area contributed by atoms with E-state index in [1.165, 1.54) is 0 Å². The zero-order valence-electron chi connectivity index (χ0n) is 13.4. The fourth-order valence-electron chi connectivity index (χ4n) is 2.81. The number of rotatable bonds is 5. The minimum absolute atomic E-state index is 0.0281. The molecule has 0 atom stereocenters. The second-order valence-electron chi connectivity index (χ2n) is 5.60. The summed E-state index contributed by atoms with van der Waals surface area (Å²) in [6, 6.07) is 0. The van der Waals surface area contributed by atoms with Gasteiger partial charge in [-0.15, -0.1) is 0 Å². The van der Waals surface area contributed by atoms with E-state index in [0.29, 0.717) is 25.4 Å². The van der Waals surface area contributed by atoms with Gasteiger partial charge in [0, 0.05) is 38.5 Å². The van der Waals surface area contributed by atoms with E-state index < -0.39 is 0 Å². The average Bonchev–Trinajstić information content (AvgIpc) is 2.85. The summed E-state index contributed by atoms with van der Waals surface area (Å²) in [6.45, 7) is 4.94. The van der Waals surface area contributed by atoms with Crippen molar-refractivity contribution in [1.29, 1.82) is 0 Å². The number of hydrogen-bond acceptors (Lipinski definition) is 4. The molecule has 124 valence electrons. The van der Waals surface area contributed by atoms with Crippen LogP contribution in [0.25, 0.3) is 0 Å². The van der Waals surface area contributed by atoms with Crippen LogP contribution in [0.4, 0.5) is 0 Å². The van der Waals surface area contributed by atoms with E-state index in [2.05, 4.69) is 10.4 Å². The van der Waals surface area contributed by atoms with Crippen LogP contribution in [-0.4, -0.2) is 47.2 Å². The lowest BCUT2D eigenvalue weighted by molar-refractivity contribution is 0.0934. The summed E-state index contributed by atoms with van der Waals surface area (Å²) in [5, 5.41) is 16.6. The molecule has 1 aliphatic rings. The summed E-state index contributed by atoms with van der Waals surface area (Å²) in [5.41, 5.74) is 2.77. The zero-order chi connectivity index (χ0) is 15.8. The Balaban J connectivity index is 2.26. The molecule has 6 heteroatoms. The van der Waals surface area contributed by atoms with Gasteiger partial charge in [-0.2, -0.15) is 5.10 Å². The number of nitrogens with one attached hydrogen (secondary N) is 1. The molecular formula is C16H27N3O3. The Hall–Kier alpha value is -1.40. The topological polar surface area (TPSA) is 76.4 Å². The van der Waals surface area contributed by atoms with Crippen molar-refractivity contribution in [2.75, 3.05) is 26.4 Å². The smallest absolute Gasteiger partial charge is 0.269 e. The van der Waals surface area contributed by atoms with Crippen molar-refractivity contribution in [2.24, 2.45) is 0 Å². The van der Waals surface area contributed by atoms with E-state index >= 15 is 0 Å². The molecule has 22 heavy (non-hydrogen) atoms. The van der Waals surface area contributed by atoms with E-state index in [9.17, 15) is 4.79 Å². The first-order valence-electron chi connectivity index (χ1n) is 8.33. The molecule has 0 bridgehead atoms. The number of nitrogens with zero attached hydrogens (tertiary/aromatic N) is 2. The molecule has 2 rings (SSSR count). The first-order valence-corrected chi connectivity index (χ1v) is 8.33. The maximum atomic E-state index is 12.5. The van der Waals surface area contributed by atoms with Crippen LogP contribution in [0, 0.1) is 0 Å². The highest BCUT2D eigenvalue weighted by Crippen LogP contribution is 2.20. The van der Waals surface area contributed by atoms with Gasteiger partial charge in [-0.1, -0.05) is 0 Å². The number of aromatic nitrogens is 2. The van der Waals surface area contributed by atoms with E-state index in [0.717, 1.165) is 56.4 Å². The third-order valence-corrected chi connectivity index (χ3v) is 3.94. The van der Waals surface area contributed by atoms with Crippen molar-refractivity contribution >= 4 is 5.91 Å². The van der Waals surface area contributed by atoms with Crippen molar-refractivity contribution in [2.45, 2.75) is 52.0 Å². The van der Waals surface area contributed by atoms with Gasteiger partial charge >= 0.3 is 0 Å². The maximum Gasteiger partial charge on any atom is 0.269 e. The summed E-state index contributed by atoms with van der Waals surface area (Å²) in [7, 11) is 0. The summed E-state index contributed by atoms with van der Waals surface area (Å²) >= 11 is 0. The van der Waals surface area contributed by atoms with Gasteiger partial charge < -0.3 is 15.2 Å². The fraction of sp³-hybridized carbons (Fsp3) is 0.750. The lowest BCUT2D eigenvalue weighted by Crippen LogP contribution is -2.28. The predicted molar refractivity (Wildman–Crippen MR) is 84.0 cm³/mol. The van der Waals surface area contributed by atoms with Gasteiger partial charge in [0.15, 0.2) is 0 Å². The SMILES string of the molecule is CCn1nc(CCCCO)c2c1C(=O)NCCCOCCC2. The second kappa shape index (κ2) is 8.90. The van der Waals surface area contributed by atoms with E-state index in [-0.39, 0.29) is 12.5 Å². The Bertz CT molecular complexity index is 485. The molecule has 0 aliphatic carbocycles. The van der Waals surface area contributed by atoms with Crippen molar-refractivity contribution < 1.29 is 14.6 Å². The van der Waals surface area contributed by atoms with E-state index in [1.54, 1.807) is 0 Å². The number of unbranched alkanes of at least 4 members (excludes halogenated alkanes) is 1. The van der Waals surface area contributed by atoms with Gasteiger partial charge in [-0.3, -0.25) is 9.48 Å². The molecule has 0 unspecified atom stereocenters. The molecule has 1 aromatic heterocycles. The number of amides is 1. The molecule has 0 radical (unpaired) electrons.